The van der Waals surface area contributed by atoms with E-state index in [9.17, 15) is 8.42 Å². The zero-order valence-corrected chi connectivity index (χ0v) is 12.1. The second-order valence-electron chi connectivity index (χ2n) is 4.53. The topological polar surface area (TPSA) is 90.0 Å². The predicted molar refractivity (Wildman–Crippen MR) is 77.0 cm³/mol. The van der Waals surface area contributed by atoms with Crippen molar-refractivity contribution in [2.75, 3.05) is 0 Å². The third-order valence-corrected chi connectivity index (χ3v) is 4.20. The number of benzene rings is 1. The van der Waals surface area contributed by atoms with Crippen LogP contribution < -0.4 is 10.5 Å². The maximum Gasteiger partial charge on any atom is 0.216 e. The van der Waals surface area contributed by atoms with Crippen molar-refractivity contribution in [3.05, 3.63) is 53.3 Å². The van der Waals surface area contributed by atoms with Gasteiger partial charge in [-0.1, -0.05) is 24.3 Å². The Morgan fingerprint density at radius 2 is 1.95 bits per heavy atom. The molecule has 108 valence electrons. The Morgan fingerprint density at radius 1 is 1.25 bits per heavy atom. The molecule has 0 aliphatic carbocycles. The van der Waals surface area contributed by atoms with Crippen molar-refractivity contribution < 1.29 is 8.42 Å². The molecule has 0 saturated heterocycles. The van der Waals surface area contributed by atoms with Crippen molar-refractivity contribution in [1.82, 2.24) is 14.5 Å². The van der Waals surface area contributed by atoms with E-state index in [0.29, 0.717) is 12.2 Å². The first-order chi connectivity index (χ1) is 9.50. The van der Waals surface area contributed by atoms with E-state index in [1.165, 1.54) is 0 Å². The van der Waals surface area contributed by atoms with Gasteiger partial charge in [-0.15, -0.1) is 0 Å². The number of nitrogens with one attached hydrogen (secondary N) is 1. The van der Waals surface area contributed by atoms with E-state index in [1.54, 1.807) is 30.1 Å². The maximum absolute atomic E-state index is 12.1. The minimum atomic E-state index is -3.41. The summed E-state index contributed by atoms with van der Waals surface area (Å²) in [5.41, 5.74) is 7.86. The number of aromatic nitrogens is 2. The molecule has 0 aliphatic rings. The molecule has 20 heavy (non-hydrogen) atoms. The van der Waals surface area contributed by atoms with Gasteiger partial charge in [-0.3, -0.25) is 4.68 Å². The highest BCUT2D eigenvalue weighted by molar-refractivity contribution is 7.88. The van der Waals surface area contributed by atoms with Crippen molar-refractivity contribution in [3.63, 3.8) is 0 Å². The summed E-state index contributed by atoms with van der Waals surface area (Å²) in [6, 6.07) is 9.05. The van der Waals surface area contributed by atoms with E-state index in [-0.39, 0.29) is 12.3 Å². The van der Waals surface area contributed by atoms with E-state index < -0.39 is 10.0 Å². The van der Waals surface area contributed by atoms with Crippen LogP contribution in [0.25, 0.3) is 0 Å². The number of aryl methyl sites for hydroxylation is 1. The lowest BCUT2D eigenvalue weighted by Crippen LogP contribution is -2.25. The van der Waals surface area contributed by atoms with Crippen LogP contribution in [0, 0.1) is 0 Å². The van der Waals surface area contributed by atoms with E-state index in [0.717, 1.165) is 11.1 Å². The number of sulfonamides is 1. The van der Waals surface area contributed by atoms with E-state index in [2.05, 4.69) is 9.82 Å². The molecule has 3 N–H and O–H groups in total. The van der Waals surface area contributed by atoms with Crippen LogP contribution in [0.4, 0.5) is 0 Å². The van der Waals surface area contributed by atoms with E-state index in [1.807, 2.05) is 18.2 Å². The molecule has 0 bridgehead atoms. The van der Waals surface area contributed by atoms with E-state index >= 15 is 0 Å². The summed E-state index contributed by atoms with van der Waals surface area (Å²) in [4.78, 5) is 0. The van der Waals surface area contributed by atoms with Crippen LogP contribution in [0.1, 0.15) is 16.8 Å². The van der Waals surface area contributed by atoms with Gasteiger partial charge in [0.25, 0.3) is 0 Å². The SMILES string of the molecule is Cn1ccc(CNS(=O)(=O)Cc2ccccc2CN)n1. The predicted octanol–water partition coefficient (Wildman–Crippen LogP) is 0.498. The van der Waals surface area contributed by atoms with Crippen LogP contribution in [0.5, 0.6) is 0 Å². The lowest BCUT2D eigenvalue weighted by Gasteiger charge is -2.09. The van der Waals surface area contributed by atoms with Gasteiger partial charge < -0.3 is 5.73 Å². The fourth-order valence-electron chi connectivity index (χ4n) is 1.89. The fraction of sp³-hybridized carbons (Fsp3) is 0.308. The van der Waals surface area contributed by atoms with Gasteiger partial charge in [-0.2, -0.15) is 5.10 Å². The third-order valence-electron chi connectivity index (χ3n) is 2.93. The van der Waals surface area contributed by atoms with Crippen LogP contribution >= 0.6 is 0 Å². The molecule has 0 radical (unpaired) electrons. The van der Waals surface area contributed by atoms with Gasteiger partial charge in [0.05, 0.1) is 18.0 Å². The Labute approximate surface area is 118 Å². The van der Waals surface area contributed by atoms with Crippen molar-refractivity contribution in [2.24, 2.45) is 12.8 Å². The number of rotatable bonds is 6. The summed E-state index contributed by atoms with van der Waals surface area (Å²) in [6.45, 7) is 0.514. The van der Waals surface area contributed by atoms with Crippen molar-refractivity contribution >= 4 is 10.0 Å². The maximum atomic E-state index is 12.1. The summed E-state index contributed by atoms with van der Waals surface area (Å²) in [7, 11) is -1.62. The number of hydrogen-bond donors (Lipinski definition) is 2. The van der Waals surface area contributed by atoms with Gasteiger partial charge in [0.15, 0.2) is 0 Å². The van der Waals surface area contributed by atoms with Gasteiger partial charge in [0.2, 0.25) is 10.0 Å². The standard InChI is InChI=1S/C13H18N4O2S/c1-17-7-6-13(16-17)9-15-20(18,19)10-12-5-3-2-4-11(12)8-14/h2-7,15H,8-10,14H2,1H3. The largest absolute Gasteiger partial charge is 0.326 e. The fourth-order valence-corrected chi connectivity index (χ4v) is 3.06. The summed E-state index contributed by atoms with van der Waals surface area (Å²) in [5, 5.41) is 4.12. The Morgan fingerprint density at radius 3 is 2.55 bits per heavy atom. The Hall–Kier alpha value is -1.70. The molecule has 7 heteroatoms. The number of nitrogens with two attached hydrogens (primary N) is 1. The molecule has 0 unspecified atom stereocenters. The number of nitrogens with zero attached hydrogens (tertiary/aromatic N) is 2. The molecule has 6 nitrogen and oxygen atoms in total. The minimum absolute atomic E-state index is 0.0762. The molecule has 1 heterocycles. The van der Waals surface area contributed by atoms with Crippen LogP contribution in [0.15, 0.2) is 36.5 Å². The molecule has 2 rings (SSSR count). The molecular formula is C13H18N4O2S. The van der Waals surface area contributed by atoms with Crippen LogP contribution in [-0.2, 0) is 35.9 Å². The normalized spacial score (nSPS) is 11.7. The van der Waals surface area contributed by atoms with Gasteiger partial charge in [-0.05, 0) is 17.2 Å². The molecule has 0 saturated carbocycles. The van der Waals surface area contributed by atoms with Crippen LogP contribution in [0.2, 0.25) is 0 Å². The van der Waals surface area contributed by atoms with Gasteiger partial charge in [-0.25, -0.2) is 13.1 Å². The summed E-state index contributed by atoms with van der Waals surface area (Å²) < 4.78 is 28.3. The van der Waals surface area contributed by atoms with Gasteiger partial charge in [0.1, 0.15) is 0 Å². The second-order valence-corrected chi connectivity index (χ2v) is 6.34. The summed E-state index contributed by atoms with van der Waals surface area (Å²) >= 11 is 0. The molecule has 1 aromatic heterocycles. The quantitative estimate of drug-likeness (QED) is 0.811. The first-order valence-corrected chi connectivity index (χ1v) is 7.88. The summed E-state index contributed by atoms with van der Waals surface area (Å²) in [5.74, 6) is -0.0762. The Kier molecular flexibility index (Phi) is 4.53. The molecule has 0 amide bonds. The highest BCUT2D eigenvalue weighted by Crippen LogP contribution is 2.11. The van der Waals surface area contributed by atoms with Crippen molar-refractivity contribution in [3.8, 4) is 0 Å². The average molecular weight is 294 g/mol. The average Bonchev–Trinajstić information content (AvgIpc) is 2.83. The van der Waals surface area contributed by atoms with Crippen LogP contribution in [-0.4, -0.2) is 18.2 Å². The van der Waals surface area contributed by atoms with Crippen molar-refractivity contribution in [1.29, 1.82) is 0 Å². The lowest BCUT2D eigenvalue weighted by atomic mass is 10.1. The Balaban J connectivity index is 2.03. The molecule has 1 aromatic carbocycles. The lowest BCUT2D eigenvalue weighted by molar-refractivity contribution is 0.578. The molecule has 0 atom stereocenters. The second kappa shape index (κ2) is 6.17. The first kappa shape index (κ1) is 14.7. The molecule has 2 aromatic rings. The van der Waals surface area contributed by atoms with Crippen molar-refractivity contribution in [2.45, 2.75) is 18.8 Å². The highest BCUT2D eigenvalue weighted by atomic mass is 32.2. The monoisotopic (exact) mass is 294 g/mol. The zero-order valence-electron chi connectivity index (χ0n) is 11.3. The molecule has 0 fully saturated rings. The minimum Gasteiger partial charge on any atom is -0.326 e. The third kappa shape index (κ3) is 3.89. The van der Waals surface area contributed by atoms with E-state index in [4.69, 9.17) is 5.73 Å². The number of hydrogen-bond acceptors (Lipinski definition) is 4. The van der Waals surface area contributed by atoms with Gasteiger partial charge in [0, 0.05) is 19.8 Å². The molecular weight excluding hydrogens is 276 g/mol. The highest BCUT2D eigenvalue weighted by Gasteiger charge is 2.14. The smallest absolute Gasteiger partial charge is 0.216 e. The summed E-state index contributed by atoms with van der Waals surface area (Å²) in [6.07, 6.45) is 1.77. The molecule has 0 aliphatic heterocycles. The Bertz CT molecular complexity index is 679. The first-order valence-electron chi connectivity index (χ1n) is 6.23. The zero-order chi connectivity index (χ0) is 14.6. The molecule has 0 spiro atoms. The van der Waals surface area contributed by atoms with Crippen LogP contribution in [0.3, 0.4) is 0 Å². The van der Waals surface area contributed by atoms with Gasteiger partial charge >= 0.3 is 0 Å².